The Morgan fingerprint density at radius 3 is 2.40 bits per heavy atom. The third-order valence-corrected chi connectivity index (χ3v) is 5.75. The molecule has 4 aromatic rings. The first-order chi connectivity index (χ1) is 12.2. The van der Waals surface area contributed by atoms with Gasteiger partial charge in [-0.05, 0) is 55.6 Å². The molecule has 0 spiro atoms. The molecule has 0 aromatic heterocycles. The van der Waals surface area contributed by atoms with Gasteiger partial charge in [-0.2, -0.15) is 0 Å². The second kappa shape index (κ2) is 4.58. The minimum atomic E-state index is -0.883. The quantitative estimate of drug-likeness (QED) is 0.291. The van der Waals surface area contributed by atoms with Crippen molar-refractivity contribution in [3.8, 4) is 0 Å². The van der Waals surface area contributed by atoms with Crippen LogP contribution in [0.2, 0.25) is 0 Å². The van der Waals surface area contributed by atoms with Gasteiger partial charge < -0.3 is 14.9 Å². The largest absolute Gasteiger partial charge is 0.387 e. The van der Waals surface area contributed by atoms with Crippen LogP contribution in [0.5, 0.6) is 0 Å². The molecule has 6 rings (SSSR count). The third-order valence-electron chi connectivity index (χ3n) is 5.75. The number of hydrogen-bond acceptors (Lipinski definition) is 3. The van der Waals surface area contributed by atoms with Crippen molar-refractivity contribution in [2.75, 3.05) is 0 Å². The van der Waals surface area contributed by atoms with E-state index in [1.54, 1.807) is 0 Å². The summed E-state index contributed by atoms with van der Waals surface area (Å²) in [5, 5.41) is 27.7. The molecule has 1 heterocycles. The van der Waals surface area contributed by atoms with E-state index in [0.717, 1.165) is 21.9 Å². The monoisotopic (exact) mass is 328 g/mol. The second-order valence-electron chi connectivity index (χ2n) is 7.11. The van der Waals surface area contributed by atoms with Crippen LogP contribution in [0.25, 0.3) is 32.3 Å². The Kier molecular flexibility index (Phi) is 2.53. The zero-order chi connectivity index (χ0) is 16.7. The van der Waals surface area contributed by atoms with Crippen molar-refractivity contribution < 1.29 is 14.9 Å². The first-order valence-electron chi connectivity index (χ1n) is 8.62. The number of aliphatic hydroxyl groups is 2. The fraction of sp³-hybridized carbons (Fsp3) is 0.182. The van der Waals surface area contributed by atoms with Crippen LogP contribution < -0.4 is 0 Å². The molecule has 0 unspecified atom stereocenters. The van der Waals surface area contributed by atoms with Crippen LogP contribution in [0.4, 0.5) is 0 Å². The van der Waals surface area contributed by atoms with Crippen LogP contribution >= 0.6 is 0 Å². The molecule has 0 radical (unpaired) electrons. The van der Waals surface area contributed by atoms with E-state index >= 15 is 0 Å². The van der Waals surface area contributed by atoms with Gasteiger partial charge in [-0.3, -0.25) is 0 Å². The van der Waals surface area contributed by atoms with E-state index in [1.807, 2.05) is 12.1 Å². The average molecular weight is 328 g/mol. The summed E-state index contributed by atoms with van der Waals surface area (Å²) < 4.78 is 5.68. The fourth-order valence-electron chi connectivity index (χ4n) is 4.42. The lowest BCUT2D eigenvalue weighted by Gasteiger charge is -2.24. The van der Waals surface area contributed by atoms with Gasteiger partial charge in [0.15, 0.2) is 0 Å². The van der Waals surface area contributed by atoms with E-state index < -0.39 is 12.2 Å². The number of fused-ring (bicyclic) bond motifs is 8. The molecular formula is C22H16O3. The fourth-order valence-corrected chi connectivity index (χ4v) is 4.42. The predicted octanol–water partition coefficient (Wildman–Crippen LogP) is 3.99. The van der Waals surface area contributed by atoms with Crippen LogP contribution in [-0.4, -0.2) is 22.4 Å². The van der Waals surface area contributed by atoms with Gasteiger partial charge in [0.2, 0.25) is 0 Å². The lowest BCUT2D eigenvalue weighted by Crippen LogP contribution is -2.29. The maximum absolute atomic E-state index is 10.4. The SMILES string of the molecule is O[C@@H]1[C@@H]2O[C@@H]2c2c(ccc3cc4ccc5ccccc5c4cc23)[C@H]1O. The molecule has 3 nitrogen and oxygen atoms in total. The molecular weight excluding hydrogens is 312 g/mol. The van der Waals surface area contributed by atoms with Crippen molar-refractivity contribution >= 4 is 32.3 Å². The standard InChI is InChI=1S/C22H16O3/c23-19-15-8-7-13-9-12-6-5-11-3-1-2-4-14(11)16(12)10-17(13)18(15)21-22(25-21)20(19)24/h1-10,19-24H/t19-,20+,21-,22+/m1/s1. The first kappa shape index (κ1) is 13.8. The molecule has 0 bridgehead atoms. The molecule has 0 saturated carbocycles. The van der Waals surface area contributed by atoms with E-state index in [2.05, 4.69) is 48.5 Å². The lowest BCUT2D eigenvalue weighted by molar-refractivity contribution is 0.000106. The Labute approximate surface area is 144 Å². The number of benzene rings is 4. The Morgan fingerprint density at radius 2 is 1.48 bits per heavy atom. The van der Waals surface area contributed by atoms with Crippen molar-refractivity contribution in [2.24, 2.45) is 0 Å². The third kappa shape index (κ3) is 1.75. The molecule has 4 atom stereocenters. The topological polar surface area (TPSA) is 53.0 Å². The van der Waals surface area contributed by atoms with Gasteiger partial charge in [0.1, 0.15) is 24.4 Å². The summed E-state index contributed by atoms with van der Waals surface area (Å²) in [6, 6.07) is 21.1. The zero-order valence-corrected chi connectivity index (χ0v) is 13.4. The maximum Gasteiger partial charge on any atom is 0.118 e. The molecule has 2 aliphatic rings. The summed E-state index contributed by atoms with van der Waals surface area (Å²) in [7, 11) is 0. The summed E-state index contributed by atoms with van der Waals surface area (Å²) >= 11 is 0. The normalized spacial score (nSPS) is 27.4. The van der Waals surface area contributed by atoms with Crippen LogP contribution in [0.1, 0.15) is 23.3 Å². The van der Waals surface area contributed by atoms with E-state index in [-0.39, 0.29) is 12.2 Å². The van der Waals surface area contributed by atoms with E-state index in [4.69, 9.17) is 4.74 Å². The maximum atomic E-state index is 10.4. The minimum Gasteiger partial charge on any atom is -0.387 e. The summed E-state index contributed by atoms with van der Waals surface area (Å²) in [6.07, 6.45) is -2.11. The lowest BCUT2D eigenvalue weighted by atomic mass is 9.83. The van der Waals surface area contributed by atoms with Crippen molar-refractivity contribution in [2.45, 2.75) is 24.4 Å². The number of ether oxygens (including phenoxy) is 1. The van der Waals surface area contributed by atoms with Gasteiger partial charge in [-0.1, -0.05) is 48.5 Å². The molecule has 1 saturated heterocycles. The van der Waals surface area contributed by atoms with Gasteiger partial charge >= 0.3 is 0 Å². The summed E-state index contributed by atoms with van der Waals surface area (Å²) in [6.45, 7) is 0. The average Bonchev–Trinajstić information content (AvgIpc) is 3.44. The summed E-state index contributed by atoms with van der Waals surface area (Å²) in [4.78, 5) is 0. The predicted molar refractivity (Wildman–Crippen MR) is 97.5 cm³/mol. The van der Waals surface area contributed by atoms with Crippen molar-refractivity contribution in [1.82, 2.24) is 0 Å². The van der Waals surface area contributed by atoms with E-state index in [9.17, 15) is 10.2 Å². The molecule has 1 aliphatic heterocycles. The summed E-state index contributed by atoms with van der Waals surface area (Å²) in [5.74, 6) is 0. The second-order valence-corrected chi connectivity index (χ2v) is 7.11. The highest BCUT2D eigenvalue weighted by Gasteiger charge is 2.54. The van der Waals surface area contributed by atoms with E-state index in [0.29, 0.717) is 0 Å². The molecule has 25 heavy (non-hydrogen) atoms. The van der Waals surface area contributed by atoms with Crippen molar-refractivity contribution in [3.63, 3.8) is 0 Å². The van der Waals surface area contributed by atoms with Crippen LogP contribution in [0, 0.1) is 0 Å². The molecule has 1 fully saturated rings. The highest BCUT2D eigenvalue weighted by atomic mass is 16.6. The Hall–Kier alpha value is -2.46. The number of epoxide rings is 1. The van der Waals surface area contributed by atoms with Gasteiger partial charge in [-0.15, -0.1) is 0 Å². The van der Waals surface area contributed by atoms with Crippen molar-refractivity contribution in [3.05, 3.63) is 71.8 Å². The smallest absolute Gasteiger partial charge is 0.118 e. The Balaban J connectivity index is 1.75. The van der Waals surface area contributed by atoms with Gasteiger partial charge in [0.05, 0.1) is 0 Å². The van der Waals surface area contributed by atoms with Gasteiger partial charge in [0.25, 0.3) is 0 Å². The Bertz CT molecular complexity index is 1180. The minimum absolute atomic E-state index is 0.107. The molecule has 1 aliphatic carbocycles. The number of hydrogen-bond donors (Lipinski definition) is 2. The van der Waals surface area contributed by atoms with Gasteiger partial charge in [-0.25, -0.2) is 0 Å². The van der Waals surface area contributed by atoms with Gasteiger partial charge in [0, 0.05) is 0 Å². The first-order valence-corrected chi connectivity index (χ1v) is 8.62. The number of aliphatic hydroxyl groups excluding tert-OH is 2. The zero-order valence-electron chi connectivity index (χ0n) is 13.4. The van der Waals surface area contributed by atoms with Crippen LogP contribution in [-0.2, 0) is 4.74 Å². The van der Waals surface area contributed by atoms with Crippen molar-refractivity contribution in [1.29, 1.82) is 0 Å². The Morgan fingerprint density at radius 1 is 0.720 bits per heavy atom. The highest BCUT2D eigenvalue weighted by molar-refractivity contribution is 6.12. The molecule has 4 aromatic carbocycles. The van der Waals surface area contributed by atoms with Crippen LogP contribution in [0.15, 0.2) is 60.7 Å². The molecule has 0 amide bonds. The molecule has 122 valence electrons. The summed E-state index contributed by atoms with van der Waals surface area (Å²) in [5.41, 5.74) is 1.83. The van der Waals surface area contributed by atoms with E-state index in [1.165, 1.54) is 21.5 Å². The van der Waals surface area contributed by atoms with Crippen LogP contribution in [0.3, 0.4) is 0 Å². The molecule has 2 N–H and O–H groups in total. The highest BCUT2D eigenvalue weighted by Crippen LogP contribution is 2.53. The number of rotatable bonds is 0. The molecule has 3 heteroatoms.